The van der Waals surface area contributed by atoms with E-state index < -0.39 is 0 Å². The standard InChI is InChI=1S/C18H26ClFN2O/c1-3-5-14(2)12-18(23)22-10-8-21(9-11-22)13-15-16(19)6-4-7-17(15)20/h4,6-7,14H,3,5,8-13H2,1-2H3. The highest BCUT2D eigenvalue weighted by Gasteiger charge is 2.23. The van der Waals surface area contributed by atoms with Gasteiger partial charge in [-0.15, -0.1) is 0 Å². The lowest BCUT2D eigenvalue weighted by Crippen LogP contribution is -2.48. The number of carbonyl (C=O) groups excluding carboxylic acids is 1. The zero-order valence-corrected chi connectivity index (χ0v) is 14.8. The van der Waals surface area contributed by atoms with Crippen molar-refractivity contribution in [2.75, 3.05) is 26.2 Å². The SMILES string of the molecule is CCCC(C)CC(=O)N1CCN(Cc2c(F)cccc2Cl)CC1. The highest BCUT2D eigenvalue weighted by Crippen LogP contribution is 2.21. The predicted octanol–water partition coefficient (Wildman–Crippen LogP) is 3.95. The van der Waals surface area contributed by atoms with E-state index in [4.69, 9.17) is 11.6 Å². The Hall–Kier alpha value is -1.13. The van der Waals surface area contributed by atoms with Gasteiger partial charge in [-0.3, -0.25) is 9.69 Å². The first-order valence-electron chi connectivity index (χ1n) is 8.44. The molecule has 1 aromatic carbocycles. The molecule has 1 amide bonds. The number of nitrogens with zero attached hydrogens (tertiary/aromatic N) is 2. The van der Waals surface area contributed by atoms with E-state index in [9.17, 15) is 9.18 Å². The fourth-order valence-corrected chi connectivity index (χ4v) is 3.31. The molecule has 1 fully saturated rings. The Balaban J connectivity index is 1.83. The lowest BCUT2D eigenvalue weighted by atomic mass is 10.0. The lowest BCUT2D eigenvalue weighted by Gasteiger charge is -2.35. The van der Waals surface area contributed by atoms with E-state index in [1.807, 2.05) is 4.90 Å². The Bertz CT molecular complexity index is 510. The summed E-state index contributed by atoms with van der Waals surface area (Å²) in [6, 6.07) is 4.78. The third-order valence-corrected chi connectivity index (χ3v) is 4.83. The van der Waals surface area contributed by atoms with Gasteiger partial charge in [0.25, 0.3) is 0 Å². The van der Waals surface area contributed by atoms with Crippen molar-refractivity contribution < 1.29 is 9.18 Å². The van der Waals surface area contributed by atoms with E-state index in [1.54, 1.807) is 12.1 Å². The first-order valence-corrected chi connectivity index (χ1v) is 8.82. The van der Waals surface area contributed by atoms with Gasteiger partial charge in [0.15, 0.2) is 0 Å². The molecule has 1 aliphatic heterocycles. The van der Waals surface area contributed by atoms with Crippen LogP contribution in [0.15, 0.2) is 18.2 Å². The molecule has 1 unspecified atom stereocenters. The van der Waals surface area contributed by atoms with Gasteiger partial charge >= 0.3 is 0 Å². The number of amides is 1. The topological polar surface area (TPSA) is 23.6 Å². The van der Waals surface area contributed by atoms with Crippen molar-refractivity contribution in [3.8, 4) is 0 Å². The molecule has 1 aliphatic rings. The van der Waals surface area contributed by atoms with Crippen LogP contribution in [0.3, 0.4) is 0 Å². The van der Waals surface area contributed by atoms with Crippen LogP contribution in [0.4, 0.5) is 4.39 Å². The molecule has 1 heterocycles. The van der Waals surface area contributed by atoms with Gasteiger partial charge in [0.1, 0.15) is 5.82 Å². The molecule has 23 heavy (non-hydrogen) atoms. The van der Waals surface area contributed by atoms with E-state index >= 15 is 0 Å². The second-order valence-electron chi connectivity index (χ2n) is 6.46. The van der Waals surface area contributed by atoms with E-state index in [0.29, 0.717) is 42.6 Å². The molecule has 0 aliphatic carbocycles. The van der Waals surface area contributed by atoms with Gasteiger partial charge in [0.2, 0.25) is 5.91 Å². The molecule has 0 spiro atoms. The van der Waals surface area contributed by atoms with Crippen LogP contribution in [-0.4, -0.2) is 41.9 Å². The molecule has 1 aromatic rings. The van der Waals surface area contributed by atoms with Crippen molar-refractivity contribution in [2.24, 2.45) is 5.92 Å². The minimum absolute atomic E-state index is 0.245. The van der Waals surface area contributed by atoms with Crippen LogP contribution in [0.25, 0.3) is 0 Å². The summed E-state index contributed by atoms with van der Waals surface area (Å²) in [7, 11) is 0. The maximum Gasteiger partial charge on any atom is 0.222 e. The molecule has 128 valence electrons. The van der Waals surface area contributed by atoms with Crippen LogP contribution in [-0.2, 0) is 11.3 Å². The summed E-state index contributed by atoms with van der Waals surface area (Å²) in [6.07, 6.45) is 2.84. The molecule has 0 saturated carbocycles. The van der Waals surface area contributed by atoms with Crippen LogP contribution >= 0.6 is 11.6 Å². The summed E-state index contributed by atoms with van der Waals surface area (Å²) >= 11 is 6.08. The van der Waals surface area contributed by atoms with Crippen molar-refractivity contribution in [1.82, 2.24) is 9.80 Å². The molecule has 5 heteroatoms. The molecule has 2 rings (SSSR count). The van der Waals surface area contributed by atoms with Gasteiger partial charge in [-0.1, -0.05) is 44.4 Å². The van der Waals surface area contributed by atoms with Crippen LogP contribution < -0.4 is 0 Å². The van der Waals surface area contributed by atoms with Crippen molar-refractivity contribution >= 4 is 17.5 Å². The van der Waals surface area contributed by atoms with E-state index in [2.05, 4.69) is 18.7 Å². The Kier molecular flexibility index (Phi) is 6.85. The quantitative estimate of drug-likeness (QED) is 0.782. The van der Waals surface area contributed by atoms with Crippen LogP contribution in [0.5, 0.6) is 0 Å². The number of piperazine rings is 1. The maximum absolute atomic E-state index is 13.9. The van der Waals surface area contributed by atoms with Gasteiger partial charge in [-0.2, -0.15) is 0 Å². The Morgan fingerprint density at radius 2 is 2.00 bits per heavy atom. The molecule has 0 radical (unpaired) electrons. The average molecular weight is 341 g/mol. The first kappa shape index (κ1) is 18.2. The minimum atomic E-state index is -0.260. The summed E-state index contributed by atoms with van der Waals surface area (Å²) in [5.41, 5.74) is 0.547. The summed E-state index contributed by atoms with van der Waals surface area (Å²) in [5, 5.41) is 0.469. The Labute approximate surface area is 143 Å². The smallest absolute Gasteiger partial charge is 0.222 e. The third kappa shape index (κ3) is 5.18. The van der Waals surface area contributed by atoms with Gasteiger partial charge in [0.05, 0.1) is 0 Å². The minimum Gasteiger partial charge on any atom is -0.340 e. The van der Waals surface area contributed by atoms with Crippen molar-refractivity contribution in [3.63, 3.8) is 0 Å². The van der Waals surface area contributed by atoms with Gasteiger partial charge < -0.3 is 4.90 Å². The number of hydrogen-bond donors (Lipinski definition) is 0. The van der Waals surface area contributed by atoms with Crippen molar-refractivity contribution in [3.05, 3.63) is 34.6 Å². The number of halogens is 2. The lowest BCUT2D eigenvalue weighted by molar-refractivity contribution is -0.134. The average Bonchev–Trinajstić information content (AvgIpc) is 2.52. The predicted molar refractivity (Wildman–Crippen MR) is 92.0 cm³/mol. The van der Waals surface area contributed by atoms with E-state index in [0.717, 1.165) is 25.9 Å². The monoisotopic (exact) mass is 340 g/mol. The summed E-state index contributed by atoms with van der Waals surface area (Å²) < 4.78 is 13.9. The highest BCUT2D eigenvalue weighted by molar-refractivity contribution is 6.31. The largest absolute Gasteiger partial charge is 0.340 e. The molecule has 3 nitrogen and oxygen atoms in total. The molecule has 0 bridgehead atoms. The summed E-state index contributed by atoms with van der Waals surface area (Å²) in [6.45, 7) is 7.73. The summed E-state index contributed by atoms with van der Waals surface area (Å²) in [4.78, 5) is 16.4. The Morgan fingerprint density at radius 3 is 2.61 bits per heavy atom. The van der Waals surface area contributed by atoms with Crippen LogP contribution in [0.2, 0.25) is 5.02 Å². The van der Waals surface area contributed by atoms with E-state index in [1.165, 1.54) is 6.07 Å². The van der Waals surface area contributed by atoms with Gasteiger partial charge in [-0.25, -0.2) is 4.39 Å². The number of carbonyl (C=O) groups is 1. The second-order valence-corrected chi connectivity index (χ2v) is 6.86. The number of hydrogen-bond acceptors (Lipinski definition) is 2. The molecule has 0 N–H and O–H groups in total. The summed E-state index contributed by atoms with van der Waals surface area (Å²) in [5.74, 6) is 0.432. The molecule has 0 aromatic heterocycles. The zero-order chi connectivity index (χ0) is 16.8. The van der Waals surface area contributed by atoms with Gasteiger partial charge in [0, 0.05) is 49.7 Å². The van der Waals surface area contributed by atoms with Crippen molar-refractivity contribution in [2.45, 2.75) is 39.7 Å². The molecular formula is C18H26ClFN2O. The fraction of sp³-hybridized carbons (Fsp3) is 0.611. The fourth-order valence-electron chi connectivity index (χ4n) is 3.08. The van der Waals surface area contributed by atoms with E-state index in [-0.39, 0.29) is 11.7 Å². The normalized spacial score (nSPS) is 17.3. The third-order valence-electron chi connectivity index (χ3n) is 4.47. The molecular weight excluding hydrogens is 315 g/mol. The number of rotatable bonds is 6. The molecule has 1 atom stereocenters. The van der Waals surface area contributed by atoms with Crippen molar-refractivity contribution in [1.29, 1.82) is 0 Å². The van der Waals surface area contributed by atoms with Crippen LogP contribution in [0, 0.1) is 11.7 Å². The second kappa shape index (κ2) is 8.65. The highest BCUT2D eigenvalue weighted by atomic mass is 35.5. The number of benzene rings is 1. The van der Waals surface area contributed by atoms with Gasteiger partial charge in [-0.05, 0) is 18.1 Å². The zero-order valence-electron chi connectivity index (χ0n) is 14.0. The van der Waals surface area contributed by atoms with Crippen LogP contribution in [0.1, 0.15) is 38.7 Å². The first-order chi connectivity index (χ1) is 11.0. The Morgan fingerprint density at radius 1 is 1.30 bits per heavy atom. The molecule has 1 saturated heterocycles. The maximum atomic E-state index is 13.9.